The highest BCUT2D eigenvalue weighted by atomic mass is 16.5. The summed E-state index contributed by atoms with van der Waals surface area (Å²) in [6.07, 6.45) is 5.80. The summed E-state index contributed by atoms with van der Waals surface area (Å²) >= 11 is 0. The lowest BCUT2D eigenvalue weighted by atomic mass is 10.5. The lowest BCUT2D eigenvalue weighted by molar-refractivity contribution is 0.326. The third-order valence-electron chi connectivity index (χ3n) is 2.06. The van der Waals surface area contributed by atoms with E-state index in [2.05, 4.69) is 27.0 Å². The van der Waals surface area contributed by atoms with Crippen molar-refractivity contribution in [3.05, 3.63) is 24.5 Å². The van der Waals surface area contributed by atoms with E-state index in [9.17, 15) is 0 Å². The van der Waals surface area contributed by atoms with Gasteiger partial charge in [0.05, 0.1) is 6.61 Å². The van der Waals surface area contributed by atoms with Crippen LogP contribution in [-0.4, -0.2) is 29.7 Å². The molecule has 1 aromatic rings. The summed E-state index contributed by atoms with van der Waals surface area (Å²) in [7, 11) is 0. The maximum atomic E-state index is 5.31. The van der Waals surface area contributed by atoms with Gasteiger partial charge in [-0.1, -0.05) is 12.2 Å². The molecule has 0 fully saturated rings. The molecule has 0 saturated carbocycles. The van der Waals surface area contributed by atoms with Crippen LogP contribution < -0.4 is 9.64 Å². The first-order valence-electron chi connectivity index (χ1n) is 4.75. The van der Waals surface area contributed by atoms with Crippen molar-refractivity contribution in [3.8, 4) is 5.88 Å². The number of nitrogens with zero attached hydrogens (tertiary/aromatic N) is 3. The van der Waals surface area contributed by atoms with Crippen LogP contribution in [0.1, 0.15) is 6.92 Å². The molecular formula is C10H13N3O. The summed E-state index contributed by atoms with van der Waals surface area (Å²) in [5.41, 5.74) is 0. The Hall–Kier alpha value is -1.58. The van der Waals surface area contributed by atoms with Gasteiger partial charge in [0, 0.05) is 19.2 Å². The van der Waals surface area contributed by atoms with Gasteiger partial charge >= 0.3 is 0 Å². The summed E-state index contributed by atoms with van der Waals surface area (Å²) in [5.74, 6) is 1.57. The van der Waals surface area contributed by atoms with Crippen molar-refractivity contribution in [2.45, 2.75) is 6.92 Å². The molecule has 2 heterocycles. The van der Waals surface area contributed by atoms with Gasteiger partial charge in [0.2, 0.25) is 5.88 Å². The first-order valence-corrected chi connectivity index (χ1v) is 4.75. The molecule has 74 valence electrons. The number of hydrogen-bond acceptors (Lipinski definition) is 4. The number of anilines is 1. The van der Waals surface area contributed by atoms with E-state index in [0.29, 0.717) is 12.5 Å². The molecule has 0 bridgehead atoms. The Morgan fingerprint density at radius 2 is 2.14 bits per heavy atom. The molecule has 1 aliphatic heterocycles. The number of hydrogen-bond donors (Lipinski definition) is 0. The Kier molecular flexibility index (Phi) is 2.62. The van der Waals surface area contributed by atoms with Crippen molar-refractivity contribution < 1.29 is 4.74 Å². The van der Waals surface area contributed by atoms with Crippen molar-refractivity contribution in [3.63, 3.8) is 0 Å². The van der Waals surface area contributed by atoms with Gasteiger partial charge in [-0.2, -0.15) is 0 Å². The van der Waals surface area contributed by atoms with Gasteiger partial charge in [-0.05, 0) is 6.92 Å². The summed E-state index contributed by atoms with van der Waals surface area (Å²) in [5, 5.41) is 0. The van der Waals surface area contributed by atoms with Crippen LogP contribution in [0.25, 0.3) is 0 Å². The van der Waals surface area contributed by atoms with Crippen LogP contribution in [0.5, 0.6) is 5.88 Å². The number of ether oxygens (including phenoxy) is 1. The first-order chi connectivity index (χ1) is 6.90. The number of aromatic nitrogens is 2. The fourth-order valence-corrected chi connectivity index (χ4v) is 1.39. The quantitative estimate of drug-likeness (QED) is 0.674. The highest BCUT2D eigenvalue weighted by Crippen LogP contribution is 2.17. The van der Waals surface area contributed by atoms with Gasteiger partial charge in [-0.15, -0.1) is 0 Å². The molecule has 4 nitrogen and oxygen atoms in total. The highest BCUT2D eigenvalue weighted by molar-refractivity contribution is 5.44. The molecule has 14 heavy (non-hydrogen) atoms. The van der Waals surface area contributed by atoms with E-state index in [1.165, 1.54) is 0 Å². The second-order valence-corrected chi connectivity index (χ2v) is 3.02. The molecular weight excluding hydrogens is 178 g/mol. The fourth-order valence-electron chi connectivity index (χ4n) is 1.39. The average molecular weight is 191 g/mol. The van der Waals surface area contributed by atoms with Gasteiger partial charge in [-0.3, -0.25) is 0 Å². The second kappa shape index (κ2) is 4.09. The minimum Gasteiger partial charge on any atom is -0.478 e. The molecule has 0 unspecified atom stereocenters. The third kappa shape index (κ3) is 1.84. The Bertz CT molecular complexity index is 330. The normalized spacial score (nSPS) is 14.8. The smallest absolute Gasteiger partial charge is 0.218 e. The van der Waals surface area contributed by atoms with Crippen molar-refractivity contribution in [1.29, 1.82) is 0 Å². The van der Waals surface area contributed by atoms with Crippen LogP contribution in [0.3, 0.4) is 0 Å². The van der Waals surface area contributed by atoms with Gasteiger partial charge in [0.1, 0.15) is 12.1 Å². The zero-order valence-electron chi connectivity index (χ0n) is 8.18. The molecule has 0 aliphatic carbocycles. The van der Waals surface area contributed by atoms with Crippen LogP contribution in [0, 0.1) is 0 Å². The predicted molar refractivity (Wildman–Crippen MR) is 54.6 cm³/mol. The SMILES string of the molecule is CCOc1cc(N2CC=CC2)ncn1. The van der Waals surface area contributed by atoms with Gasteiger partial charge in [0.15, 0.2) is 0 Å². The largest absolute Gasteiger partial charge is 0.478 e. The molecule has 2 rings (SSSR count). The van der Waals surface area contributed by atoms with Crippen LogP contribution in [0.2, 0.25) is 0 Å². The van der Waals surface area contributed by atoms with Crippen molar-refractivity contribution in [2.75, 3.05) is 24.6 Å². The van der Waals surface area contributed by atoms with Crippen LogP contribution >= 0.6 is 0 Å². The summed E-state index contributed by atoms with van der Waals surface area (Å²) in [4.78, 5) is 10.4. The lowest BCUT2D eigenvalue weighted by Gasteiger charge is -2.16. The van der Waals surface area contributed by atoms with E-state index < -0.39 is 0 Å². The molecule has 0 amide bonds. The molecule has 0 atom stereocenters. The Morgan fingerprint density at radius 1 is 1.36 bits per heavy atom. The minimum absolute atomic E-state index is 0.634. The van der Waals surface area contributed by atoms with Gasteiger partial charge < -0.3 is 9.64 Å². The van der Waals surface area contributed by atoms with Crippen molar-refractivity contribution in [1.82, 2.24) is 9.97 Å². The highest BCUT2D eigenvalue weighted by Gasteiger charge is 2.09. The van der Waals surface area contributed by atoms with Crippen LogP contribution in [0.4, 0.5) is 5.82 Å². The van der Waals surface area contributed by atoms with Crippen LogP contribution in [-0.2, 0) is 0 Å². The average Bonchev–Trinajstić information content (AvgIpc) is 2.71. The first kappa shape index (κ1) is 8.99. The van der Waals surface area contributed by atoms with E-state index in [0.717, 1.165) is 18.9 Å². The molecule has 0 spiro atoms. The molecule has 0 radical (unpaired) electrons. The zero-order chi connectivity index (χ0) is 9.80. The Labute approximate surface area is 83.2 Å². The number of rotatable bonds is 3. The lowest BCUT2D eigenvalue weighted by Crippen LogP contribution is -2.19. The monoisotopic (exact) mass is 191 g/mol. The molecule has 1 aliphatic rings. The molecule has 0 saturated heterocycles. The second-order valence-electron chi connectivity index (χ2n) is 3.02. The molecule has 0 aromatic carbocycles. The molecule has 0 N–H and O–H groups in total. The maximum absolute atomic E-state index is 5.31. The Balaban J connectivity index is 2.13. The zero-order valence-corrected chi connectivity index (χ0v) is 8.18. The van der Waals surface area contributed by atoms with E-state index >= 15 is 0 Å². The summed E-state index contributed by atoms with van der Waals surface area (Å²) in [6.45, 7) is 4.42. The Morgan fingerprint density at radius 3 is 2.86 bits per heavy atom. The molecule has 4 heteroatoms. The minimum atomic E-state index is 0.634. The van der Waals surface area contributed by atoms with E-state index in [1.807, 2.05) is 13.0 Å². The fraction of sp³-hybridized carbons (Fsp3) is 0.400. The predicted octanol–water partition coefficient (Wildman–Crippen LogP) is 1.25. The summed E-state index contributed by atoms with van der Waals surface area (Å²) < 4.78 is 5.31. The summed E-state index contributed by atoms with van der Waals surface area (Å²) in [6, 6.07) is 1.87. The van der Waals surface area contributed by atoms with E-state index in [-0.39, 0.29) is 0 Å². The maximum Gasteiger partial charge on any atom is 0.218 e. The third-order valence-corrected chi connectivity index (χ3v) is 2.06. The molecule has 1 aromatic heterocycles. The standard InChI is InChI=1S/C10H13N3O/c1-2-14-10-7-9(11-8-12-10)13-5-3-4-6-13/h3-4,7-8H,2,5-6H2,1H3. The van der Waals surface area contributed by atoms with Crippen molar-refractivity contribution >= 4 is 5.82 Å². The van der Waals surface area contributed by atoms with Gasteiger partial charge in [-0.25, -0.2) is 9.97 Å². The van der Waals surface area contributed by atoms with Gasteiger partial charge in [0.25, 0.3) is 0 Å². The van der Waals surface area contributed by atoms with E-state index in [1.54, 1.807) is 6.33 Å². The van der Waals surface area contributed by atoms with Crippen LogP contribution in [0.15, 0.2) is 24.5 Å². The van der Waals surface area contributed by atoms with Crippen molar-refractivity contribution in [2.24, 2.45) is 0 Å². The van der Waals surface area contributed by atoms with E-state index in [4.69, 9.17) is 4.74 Å². The topological polar surface area (TPSA) is 38.2 Å².